The summed E-state index contributed by atoms with van der Waals surface area (Å²) in [6.45, 7) is 3.86. The number of nitrogens with one attached hydrogen (secondary N) is 1. The third kappa shape index (κ3) is 4.40. The van der Waals surface area contributed by atoms with Gasteiger partial charge in [-0.1, -0.05) is 30.3 Å². The van der Waals surface area contributed by atoms with Crippen molar-refractivity contribution in [1.82, 2.24) is 25.2 Å². The number of ether oxygens (including phenoxy) is 1. The predicted molar refractivity (Wildman–Crippen MR) is 110 cm³/mol. The van der Waals surface area contributed by atoms with Gasteiger partial charge in [0.15, 0.2) is 0 Å². The highest BCUT2D eigenvalue weighted by Gasteiger charge is 2.23. The zero-order valence-corrected chi connectivity index (χ0v) is 16.3. The summed E-state index contributed by atoms with van der Waals surface area (Å²) in [5.74, 6) is 0.910. The van der Waals surface area contributed by atoms with E-state index in [9.17, 15) is 0 Å². The molecule has 1 aliphatic heterocycles. The van der Waals surface area contributed by atoms with Crippen molar-refractivity contribution in [3.63, 3.8) is 0 Å². The molecule has 1 N–H and O–H groups in total. The van der Waals surface area contributed by atoms with Crippen molar-refractivity contribution in [3.8, 4) is 11.4 Å². The van der Waals surface area contributed by atoms with Crippen LogP contribution in [0.25, 0.3) is 5.69 Å². The molecule has 146 valence electrons. The molecule has 6 nitrogen and oxygen atoms in total. The van der Waals surface area contributed by atoms with Gasteiger partial charge in [0.05, 0.1) is 24.7 Å². The molecule has 3 aromatic rings. The molecular weight excluding hydrogens is 350 g/mol. The first-order chi connectivity index (χ1) is 13.8. The second-order valence-corrected chi connectivity index (χ2v) is 7.13. The Kier molecular flexibility index (Phi) is 5.99. The fourth-order valence-corrected chi connectivity index (χ4v) is 3.76. The Morgan fingerprint density at radius 3 is 2.68 bits per heavy atom. The lowest BCUT2D eigenvalue weighted by Gasteiger charge is -2.28. The van der Waals surface area contributed by atoms with E-state index in [0.29, 0.717) is 12.6 Å². The first-order valence-electron chi connectivity index (χ1n) is 9.89. The van der Waals surface area contributed by atoms with E-state index < -0.39 is 0 Å². The van der Waals surface area contributed by atoms with Crippen molar-refractivity contribution in [2.24, 2.45) is 0 Å². The molecule has 0 bridgehead atoms. The Morgan fingerprint density at radius 2 is 1.89 bits per heavy atom. The maximum atomic E-state index is 5.43. The molecule has 1 aromatic heterocycles. The van der Waals surface area contributed by atoms with Crippen molar-refractivity contribution in [2.45, 2.75) is 25.4 Å². The van der Waals surface area contributed by atoms with E-state index in [2.05, 4.69) is 38.6 Å². The van der Waals surface area contributed by atoms with Gasteiger partial charge in [-0.05, 0) is 55.8 Å². The summed E-state index contributed by atoms with van der Waals surface area (Å²) in [7, 11) is 1.72. The number of benzene rings is 2. The summed E-state index contributed by atoms with van der Waals surface area (Å²) in [5, 5.41) is 12.5. The molecule has 0 saturated carbocycles. The molecule has 6 heteroatoms. The van der Waals surface area contributed by atoms with E-state index in [1.165, 1.54) is 18.4 Å². The van der Waals surface area contributed by atoms with Crippen LogP contribution in [-0.2, 0) is 6.54 Å². The number of aromatic nitrogens is 3. The second-order valence-electron chi connectivity index (χ2n) is 7.13. The Bertz CT molecular complexity index is 873. The molecule has 1 atom stereocenters. The molecule has 1 aliphatic rings. The van der Waals surface area contributed by atoms with Crippen LogP contribution in [0.1, 0.15) is 30.1 Å². The third-order valence-electron chi connectivity index (χ3n) is 5.23. The molecule has 0 spiro atoms. The Labute approximate surface area is 166 Å². The summed E-state index contributed by atoms with van der Waals surface area (Å²) in [6.07, 6.45) is 4.37. The fourth-order valence-electron chi connectivity index (χ4n) is 3.76. The van der Waals surface area contributed by atoms with E-state index in [1.54, 1.807) is 11.9 Å². The highest BCUT2D eigenvalue weighted by atomic mass is 16.5. The van der Waals surface area contributed by atoms with Gasteiger partial charge < -0.3 is 10.1 Å². The monoisotopic (exact) mass is 377 g/mol. The maximum absolute atomic E-state index is 5.43. The molecular formula is C22H27N5O. The highest BCUT2D eigenvalue weighted by Crippen LogP contribution is 2.27. The van der Waals surface area contributed by atoms with Crippen molar-refractivity contribution in [3.05, 3.63) is 72.1 Å². The van der Waals surface area contributed by atoms with E-state index in [1.807, 2.05) is 42.6 Å². The van der Waals surface area contributed by atoms with Crippen LogP contribution >= 0.6 is 0 Å². The van der Waals surface area contributed by atoms with Crippen LogP contribution in [0.4, 0.5) is 0 Å². The molecule has 2 heterocycles. The van der Waals surface area contributed by atoms with E-state index in [0.717, 1.165) is 36.8 Å². The number of hydrogen-bond donors (Lipinski definition) is 1. The minimum Gasteiger partial charge on any atom is -0.497 e. The SMILES string of the molecule is COc1cccc(C(CNCc2cnn(-c3ccccc3)n2)N2CCCC2)c1. The van der Waals surface area contributed by atoms with Gasteiger partial charge >= 0.3 is 0 Å². The zero-order valence-electron chi connectivity index (χ0n) is 16.3. The van der Waals surface area contributed by atoms with Gasteiger partial charge in [0.25, 0.3) is 0 Å². The van der Waals surface area contributed by atoms with Crippen LogP contribution in [0.15, 0.2) is 60.8 Å². The van der Waals surface area contributed by atoms with Gasteiger partial charge in [-0.2, -0.15) is 15.0 Å². The number of para-hydroxylation sites is 1. The van der Waals surface area contributed by atoms with E-state index in [-0.39, 0.29) is 0 Å². The molecule has 2 aromatic carbocycles. The second kappa shape index (κ2) is 8.99. The Balaban J connectivity index is 1.41. The summed E-state index contributed by atoms with van der Waals surface area (Å²) < 4.78 is 5.43. The summed E-state index contributed by atoms with van der Waals surface area (Å²) in [4.78, 5) is 4.24. The number of hydrogen-bond acceptors (Lipinski definition) is 5. The topological polar surface area (TPSA) is 55.2 Å². The van der Waals surface area contributed by atoms with E-state index >= 15 is 0 Å². The first kappa shape index (κ1) is 18.7. The fraction of sp³-hybridized carbons (Fsp3) is 0.364. The number of nitrogens with zero attached hydrogens (tertiary/aromatic N) is 4. The Hall–Kier alpha value is -2.70. The van der Waals surface area contributed by atoms with Crippen molar-refractivity contribution < 1.29 is 4.74 Å². The molecule has 0 amide bonds. The summed E-state index contributed by atoms with van der Waals surface area (Å²) >= 11 is 0. The van der Waals surface area contributed by atoms with Gasteiger partial charge in [-0.3, -0.25) is 4.90 Å². The van der Waals surface area contributed by atoms with Gasteiger partial charge in [0, 0.05) is 19.1 Å². The Morgan fingerprint density at radius 1 is 1.07 bits per heavy atom. The van der Waals surface area contributed by atoms with Crippen molar-refractivity contribution in [1.29, 1.82) is 0 Å². The smallest absolute Gasteiger partial charge is 0.119 e. The van der Waals surface area contributed by atoms with Gasteiger partial charge in [-0.15, -0.1) is 0 Å². The predicted octanol–water partition coefficient (Wildman–Crippen LogP) is 3.20. The number of likely N-dealkylation sites (tertiary alicyclic amines) is 1. The lowest BCUT2D eigenvalue weighted by molar-refractivity contribution is 0.237. The van der Waals surface area contributed by atoms with Crippen LogP contribution < -0.4 is 10.1 Å². The van der Waals surface area contributed by atoms with Crippen LogP contribution in [0.2, 0.25) is 0 Å². The van der Waals surface area contributed by atoms with Crippen LogP contribution in [0.5, 0.6) is 5.75 Å². The number of methoxy groups -OCH3 is 1. The molecule has 1 unspecified atom stereocenters. The van der Waals surface area contributed by atoms with Crippen molar-refractivity contribution >= 4 is 0 Å². The van der Waals surface area contributed by atoms with E-state index in [4.69, 9.17) is 4.74 Å². The molecule has 28 heavy (non-hydrogen) atoms. The minimum atomic E-state index is 0.335. The maximum Gasteiger partial charge on any atom is 0.119 e. The minimum absolute atomic E-state index is 0.335. The molecule has 0 radical (unpaired) electrons. The normalized spacial score (nSPS) is 15.6. The molecule has 4 rings (SSSR count). The van der Waals surface area contributed by atoms with Crippen molar-refractivity contribution in [2.75, 3.05) is 26.7 Å². The average Bonchev–Trinajstić information content (AvgIpc) is 3.44. The van der Waals surface area contributed by atoms with Gasteiger partial charge in [0.1, 0.15) is 5.75 Å². The summed E-state index contributed by atoms with van der Waals surface area (Å²) in [6, 6.07) is 18.7. The zero-order chi connectivity index (χ0) is 19.2. The van der Waals surface area contributed by atoms with Gasteiger partial charge in [-0.25, -0.2) is 0 Å². The quantitative estimate of drug-likeness (QED) is 0.653. The largest absolute Gasteiger partial charge is 0.497 e. The van der Waals surface area contributed by atoms with Crippen LogP contribution in [0, 0.1) is 0 Å². The number of rotatable bonds is 8. The standard InChI is InChI=1S/C22H27N5O/c1-28-21-11-7-8-18(14-21)22(26-12-5-6-13-26)17-23-15-19-16-24-27(25-19)20-9-3-2-4-10-20/h2-4,7-11,14,16,22-23H,5-6,12-13,15,17H2,1H3. The molecule has 1 saturated heterocycles. The first-order valence-corrected chi connectivity index (χ1v) is 9.89. The molecule has 0 aliphatic carbocycles. The molecule has 1 fully saturated rings. The van der Waals surface area contributed by atoms with Gasteiger partial charge in [0.2, 0.25) is 0 Å². The summed E-state index contributed by atoms with van der Waals surface area (Å²) in [5.41, 5.74) is 3.21. The van der Waals surface area contributed by atoms with Crippen LogP contribution in [0.3, 0.4) is 0 Å². The van der Waals surface area contributed by atoms with Crippen LogP contribution in [-0.4, -0.2) is 46.6 Å². The highest BCUT2D eigenvalue weighted by molar-refractivity contribution is 5.31. The third-order valence-corrected chi connectivity index (χ3v) is 5.23. The lowest BCUT2D eigenvalue weighted by atomic mass is 10.0. The lowest BCUT2D eigenvalue weighted by Crippen LogP contribution is -2.34. The average molecular weight is 377 g/mol.